The van der Waals surface area contributed by atoms with Crippen molar-refractivity contribution in [1.29, 1.82) is 0 Å². The van der Waals surface area contributed by atoms with E-state index in [9.17, 15) is 4.79 Å². The van der Waals surface area contributed by atoms with E-state index >= 15 is 0 Å². The van der Waals surface area contributed by atoms with Crippen LogP contribution in [0, 0.1) is 0 Å². The molecule has 7 heteroatoms. The molecule has 0 aliphatic rings. The van der Waals surface area contributed by atoms with E-state index in [1.165, 1.54) is 6.21 Å². The third kappa shape index (κ3) is 5.34. The highest BCUT2D eigenvalue weighted by molar-refractivity contribution is 6.38. The van der Waals surface area contributed by atoms with Crippen LogP contribution in [0.25, 0.3) is 0 Å². The summed E-state index contributed by atoms with van der Waals surface area (Å²) in [6.07, 6.45) is 5.03. The molecule has 1 aromatic heterocycles. The van der Waals surface area contributed by atoms with Gasteiger partial charge in [-0.25, -0.2) is 5.43 Å². The molecule has 21 heavy (non-hydrogen) atoms. The lowest BCUT2D eigenvalue weighted by Crippen LogP contribution is -3.00. The summed E-state index contributed by atoms with van der Waals surface area (Å²) in [6, 6.07) is 10.7. The van der Waals surface area contributed by atoms with Crippen LogP contribution in [0.15, 0.2) is 53.9 Å². The molecular formula is C14H12Cl3N3O. The normalized spacial score (nSPS) is 10.2. The van der Waals surface area contributed by atoms with Crippen molar-refractivity contribution in [3.63, 3.8) is 0 Å². The third-order valence-electron chi connectivity index (χ3n) is 2.49. The predicted molar refractivity (Wildman–Crippen MR) is 78.8 cm³/mol. The first kappa shape index (κ1) is 17.4. The third-order valence-corrected chi connectivity index (χ3v) is 3.15. The standard InChI is InChI=1S/C14H11Cl2N3O.ClH/c15-12-5-4-6-13(16)11(12)9-17-18-14(20)10-19-7-2-1-3-8-19;/h1-9H,10H2;1H/b17-9-;. The van der Waals surface area contributed by atoms with E-state index in [0.717, 1.165) is 0 Å². The summed E-state index contributed by atoms with van der Waals surface area (Å²) in [4.78, 5) is 11.7. The smallest absolute Gasteiger partial charge is 0.305 e. The van der Waals surface area contributed by atoms with Gasteiger partial charge in [-0.2, -0.15) is 9.67 Å². The first-order chi connectivity index (χ1) is 9.66. The first-order valence-electron chi connectivity index (χ1n) is 5.87. The molecule has 0 aliphatic carbocycles. The maximum atomic E-state index is 11.7. The Labute approximate surface area is 138 Å². The van der Waals surface area contributed by atoms with E-state index in [2.05, 4.69) is 10.5 Å². The molecule has 0 spiro atoms. The van der Waals surface area contributed by atoms with Gasteiger partial charge in [0.15, 0.2) is 12.4 Å². The van der Waals surface area contributed by atoms with Gasteiger partial charge in [0.05, 0.1) is 16.3 Å². The average Bonchev–Trinajstić information content (AvgIpc) is 2.43. The number of aromatic nitrogens is 1. The summed E-state index contributed by atoms with van der Waals surface area (Å²) >= 11 is 12.0. The fraction of sp³-hybridized carbons (Fsp3) is 0.0714. The molecule has 0 unspecified atom stereocenters. The van der Waals surface area contributed by atoms with Crippen LogP contribution >= 0.6 is 23.2 Å². The summed E-state index contributed by atoms with van der Waals surface area (Å²) in [5.74, 6) is -0.236. The zero-order chi connectivity index (χ0) is 14.4. The highest BCUT2D eigenvalue weighted by Crippen LogP contribution is 2.21. The van der Waals surface area contributed by atoms with Gasteiger partial charge in [-0.3, -0.25) is 4.79 Å². The molecular weight excluding hydrogens is 333 g/mol. The molecule has 0 radical (unpaired) electrons. The molecule has 1 amide bonds. The van der Waals surface area contributed by atoms with E-state index in [4.69, 9.17) is 23.2 Å². The predicted octanol–water partition coefficient (Wildman–Crippen LogP) is -0.565. The van der Waals surface area contributed by atoms with Crippen molar-refractivity contribution < 1.29 is 21.8 Å². The maximum Gasteiger partial charge on any atom is 0.305 e. The highest BCUT2D eigenvalue weighted by atomic mass is 35.5. The lowest BCUT2D eigenvalue weighted by Gasteiger charge is -2.00. The Hall–Kier alpha value is -1.62. The average molecular weight is 345 g/mol. The van der Waals surface area contributed by atoms with Gasteiger partial charge in [-0.1, -0.05) is 35.3 Å². The minimum absolute atomic E-state index is 0. The number of carbonyl (C=O) groups is 1. The summed E-state index contributed by atoms with van der Waals surface area (Å²) in [7, 11) is 0. The second-order valence-corrected chi connectivity index (χ2v) is 4.79. The number of hydrazone groups is 1. The van der Waals surface area contributed by atoms with Crippen LogP contribution in [0.4, 0.5) is 0 Å². The zero-order valence-electron chi connectivity index (χ0n) is 10.8. The van der Waals surface area contributed by atoms with Crippen molar-refractivity contribution in [1.82, 2.24) is 5.43 Å². The van der Waals surface area contributed by atoms with Crippen LogP contribution in [0.1, 0.15) is 5.56 Å². The minimum Gasteiger partial charge on any atom is -1.00 e. The lowest BCUT2D eigenvalue weighted by atomic mass is 10.2. The summed E-state index contributed by atoms with van der Waals surface area (Å²) in [5, 5.41) is 4.81. The number of halogens is 3. The Morgan fingerprint density at radius 1 is 1.14 bits per heavy atom. The second-order valence-electron chi connectivity index (χ2n) is 3.98. The minimum atomic E-state index is -0.236. The Morgan fingerprint density at radius 3 is 2.38 bits per heavy atom. The monoisotopic (exact) mass is 343 g/mol. The van der Waals surface area contributed by atoms with Crippen LogP contribution in [-0.2, 0) is 11.3 Å². The summed E-state index contributed by atoms with van der Waals surface area (Å²) in [6.45, 7) is 0.189. The van der Waals surface area contributed by atoms with E-state index < -0.39 is 0 Å². The molecule has 2 rings (SSSR count). The molecule has 0 aliphatic heterocycles. The molecule has 0 saturated heterocycles. The number of hydrogen-bond acceptors (Lipinski definition) is 2. The molecule has 0 fully saturated rings. The molecule has 110 valence electrons. The van der Waals surface area contributed by atoms with Crippen molar-refractivity contribution in [2.45, 2.75) is 6.54 Å². The van der Waals surface area contributed by atoms with Crippen LogP contribution in [0.2, 0.25) is 10.0 Å². The van der Waals surface area contributed by atoms with Crippen LogP contribution < -0.4 is 22.4 Å². The number of carbonyl (C=O) groups excluding carboxylic acids is 1. The van der Waals surface area contributed by atoms with Gasteiger partial charge in [0.25, 0.3) is 0 Å². The van der Waals surface area contributed by atoms with Crippen molar-refractivity contribution in [3.05, 3.63) is 64.4 Å². The van der Waals surface area contributed by atoms with E-state index in [0.29, 0.717) is 15.6 Å². The molecule has 1 aromatic carbocycles. The molecule has 1 N–H and O–H groups in total. The second kappa shape index (κ2) is 8.62. The molecule has 4 nitrogen and oxygen atoms in total. The Bertz CT molecular complexity index is 612. The topological polar surface area (TPSA) is 45.3 Å². The number of rotatable bonds is 4. The SMILES string of the molecule is O=C(C[n+]1ccccc1)N/N=C\c1c(Cl)cccc1Cl.[Cl-]. The largest absolute Gasteiger partial charge is 1.00 e. The van der Waals surface area contributed by atoms with Crippen LogP contribution in [0.5, 0.6) is 0 Å². The van der Waals surface area contributed by atoms with Gasteiger partial charge >= 0.3 is 5.91 Å². The molecule has 0 atom stereocenters. The number of amides is 1. The summed E-state index contributed by atoms with van der Waals surface area (Å²) < 4.78 is 1.74. The number of nitrogens with one attached hydrogen (secondary N) is 1. The van der Waals surface area contributed by atoms with Crippen LogP contribution in [0.3, 0.4) is 0 Å². The van der Waals surface area contributed by atoms with Crippen molar-refractivity contribution in [2.24, 2.45) is 5.10 Å². The first-order valence-corrected chi connectivity index (χ1v) is 6.62. The van der Waals surface area contributed by atoms with Gasteiger partial charge < -0.3 is 12.4 Å². The molecule has 0 saturated carbocycles. The molecule has 0 bridgehead atoms. The maximum absolute atomic E-state index is 11.7. The Balaban J connectivity index is 0.00000220. The number of benzene rings is 1. The van der Waals surface area contributed by atoms with E-state index in [1.54, 1.807) is 35.2 Å². The van der Waals surface area contributed by atoms with Crippen molar-refractivity contribution >= 4 is 35.3 Å². The summed E-state index contributed by atoms with van der Waals surface area (Å²) in [5.41, 5.74) is 3.00. The van der Waals surface area contributed by atoms with Gasteiger partial charge in [-0.05, 0) is 12.1 Å². The Morgan fingerprint density at radius 2 is 1.76 bits per heavy atom. The lowest BCUT2D eigenvalue weighted by molar-refractivity contribution is -0.684. The van der Waals surface area contributed by atoms with Gasteiger partial charge in [0.1, 0.15) is 0 Å². The Kier molecular flexibility index (Phi) is 7.15. The van der Waals surface area contributed by atoms with Crippen molar-refractivity contribution in [2.75, 3.05) is 0 Å². The van der Waals surface area contributed by atoms with Gasteiger partial charge in [0.2, 0.25) is 6.54 Å². The quantitative estimate of drug-likeness (QED) is 0.451. The zero-order valence-corrected chi connectivity index (χ0v) is 13.1. The van der Waals surface area contributed by atoms with Gasteiger partial charge in [0, 0.05) is 17.7 Å². The number of nitrogens with zero attached hydrogens (tertiary/aromatic N) is 2. The fourth-order valence-electron chi connectivity index (χ4n) is 1.54. The van der Waals surface area contributed by atoms with E-state index in [1.807, 2.05) is 18.2 Å². The van der Waals surface area contributed by atoms with E-state index in [-0.39, 0.29) is 24.9 Å². The number of hydrogen-bond donors (Lipinski definition) is 1. The molecule has 2 aromatic rings. The highest BCUT2D eigenvalue weighted by Gasteiger charge is 2.07. The fourth-order valence-corrected chi connectivity index (χ4v) is 2.04. The van der Waals surface area contributed by atoms with Gasteiger partial charge in [-0.15, -0.1) is 0 Å². The van der Waals surface area contributed by atoms with Crippen molar-refractivity contribution in [3.8, 4) is 0 Å². The van der Waals surface area contributed by atoms with Crippen LogP contribution in [-0.4, -0.2) is 12.1 Å². The number of pyridine rings is 1. The molecule has 1 heterocycles.